The Morgan fingerprint density at radius 3 is 1.19 bits per heavy atom. The fourth-order valence-corrected chi connectivity index (χ4v) is 6.24. The lowest BCUT2D eigenvalue weighted by Crippen LogP contribution is -1.92. The molecule has 0 atom stereocenters. The van der Waals surface area contributed by atoms with Gasteiger partial charge in [-0.2, -0.15) is 0 Å². The first kappa shape index (κ1) is 24.3. The van der Waals surface area contributed by atoms with Crippen LogP contribution in [0.15, 0.2) is 134 Å². The second-order valence-electron chi connectivity index (χ2n) is 10.3. The summed E-state index contributed by atoms with van der Waals surface area (Å²) in [4.78, 5) is 9.92. The van der Waals surface area contributed by atoms with Crippen LogP contribution in [0.4, 0.5) is 0 Å². The lowest BCUT2D eigenvalue weighted by molar-refractivity contribution is 1.24. The van der Waals surface area contributed by atoms with Gasteiger partial charge in [0, 0.05) is 34.3 Å². The summed E-state index contributed by atoms with van der Waals surface area (Å²) in [6, 6.07) is 42.8. The maximum atomic E-state index is 4.96. The van der Waals surface area contributed by atoms with Crippen LogP contribution in [0.5, 0.6) is 0 Å². The number of nitrogens with zero attached hydrogens (tertiary/aromatic N) is 4. The lowest BCUT2D eigenvalue weighted by atomic mass is 9.96. The molecule has 4 nitrogen and oxygen atoms in total. The van der Waals surface area contributed by atoms with Crippen LogP contribution in [-0.2, 0) is 0 Å². The second kappa shape index (κ2) is 9.57. The minimum atomic E-state index is 0.990. The van der Waals surface area contributed by atoms with Crippen LogP contribution in [-0.4, -0.2) is 18.8 Å². The summed E-state index contributed by atoms with van der Waals surface area (Å²) >= 11 is 0. The summed E-state index contributed by atoms with van der Waals surface area (Å²) in [5.74, 6) is 0. The molecule has 0 spiro atoms. The molecular formula is C38H28N4. The molecule has 9 aromatic rings. The van der Waals surface area contributed by atoms with Crippen molar-refractivity contribution in [1.29, 1.82) is 0 Å². The van der Waals surface area contributed by atoms with Gasteiger partial charge in [-0.1, -0.05) is 111 Å². The topological polar surface area (TPSA) is 34.6 Å². The van der Waals surface area contributed by atoms with Crippen molar-refractivity contribution in [2.45, 2.75) is 13.8 Å². The molecule has 0 fully saturated rings. The van der Waals surface area contributed by atoms with E-state index < -0.39 is 0 Å². The van der Waals surface area contributed by atoms with E-state index in [-0.39, 0.29) is 0 Å². The number of para-hydroxylation sites is 4. The van der Waals surface area contributed by atoms with Gasteiger partial charge in [0.2, 0.25) is 0 Å². The molecule has 0 aliphatic heterocycles. The first-order valence-corrected chi connectivity index (χ1v) is 14.5. The molecule has 0 bridgehead atoms. The van der Waals surface area contributed by atoms with Crippen molar-refractivity contribution >= 4 is 54.9 Å². The minimum Gasteiger partial charge on any atom is -0.298 e. The highest BCUT2D eigenvalue weighted by Crippen LogP contribution is 2.36. The van der Waals surface area contributed by atoms with E-state index in [2.05, 4.69) is 130 Å². The number of aromatic nitrogens is 4. The van der Waals surface area contributed by atoms with E-state index >= 15 is 0 Å². The van der Waals surface area contributed by atoms with E-state index in [0.717, 1.165) is 44.1 Å². The maximum Gasteiger partial charge on any atom is 0.145 e. The minimum absolute atomic E-state index is 0.990. The summed E-state index contributed by atoms with van der Waals surface area (Å²) < 4.78 is 4.46. The first-order valence-electron chi connectivity index (χ1n) is 14.5. The number of hydrogen-bond acceptors (Lipinski definition) is 2. The zero-order valence-corrected chi connectivity index (χ0v) is 23.5. The van der Waals surface area contributed by atoms with Crippen molar-refractivity contribution in [3.63, 3.8) is 0 Å². The smallest absolute Gasteiger partial charge is 0.145 e. The predicted octanol–water partition coefficient (Wildman–Crippen LogP) is 9.95. The van der Waals surface area contributed by atoms with Crippen LogP contribution in [0, 0.1) is 0 Å². The number of benzene rings is 5. The molecule has 0 unspecified atom stereocenters. The Morgan fingerprint density at radius 2 is 0.762 bits per heavy atom. The average Bonchev–Trinajstić information content (AvgIpc) is 3.64. The van der Waals surface area contributed by atoms with E-state index in [9.17, 15) is 0 Å². The van der Waals surface area contributed by atoms with Gasteiger partial charge >= 0.3 is 0 Å². The van der Waals surface area contributed by atoms with Crippen molar-refractivity contribution in [1.82, 2.24) is 18.8 Å². The van der Waals surface area contributed by atoms with Crippen LogP contribution in [0.1, 0.15) is 13.8 Å². The van der Waals surface area contributed by atoms with Crippen LogP contribution in [0.25, 0.3) is 77.2 Å². The quantitative estimate of drug-likeness (QED) is 0.219. The normalized spacial score (nSPS) is 11.6. The third-order valence-corrected chi connectivity index (χ3v) is 8.13. The SMILES string of the molecule is CC.c1ccc2c(c1)nc1c3ccccc3c(-c3ccc(-c4cn5c6ccccc6nc5c5ccccc45)cc3)cn21. The Bertz CT molecular complexity index is 2260. The van der Waals surface area contributed by atoms with E-state index in [1.165, 1.54) is 33.0 Å². The van der Waals surface area contributed by atoms with Gasteiger partial charge in [-0.15, -0.1) is 0 Å². The van der Waals surface area contributed by atoms with Crippen LogP contribution in [0.3, 0.4) is 0 Å². The highest BCUT2D eigenvalue weighted by Gasteiger charge is 2.15. The molecule has 42 heavy (non-hydrogen) atoms. The highest BCUT2D eigenvalue weighted by molar-refractivity contribution is 6.07. The highest BCUT2D eigenvalue weighted by atomic mass is 15.0. The third kappa shape index (κ3) is 3.55. The van der Waals surface area contributed by atoms with Crippen molar-refractivity contribution in [2.75, 3.05) is 0 Å². The molecule has 0 saturated heterocycles. The summed E-state index contributed by atoms with van der Waals surface area (Å²) in [7, 11) is 0. The van der Waals surface area contributed by atoms with E-state index in [1.807, 2.05) is 26.0 Å². The fraction of sp³-hybridized carbons (Fsp3) is 0.0526. The summed E-state index contributed by atoms with van der Waals surface area (Å²) in [5, 5.41) is 4.72. The first-order chi connectivity index (χ1) is 20.8. The monoisotopic (exact) mass is 540 g/mol. The second-order valence-corrected chi connectivity index (χ2v) is 10.3. The molecule has 4 heterocycles. The molecule has 0 N–H and O–H groups in total. The molecule has 0 amide bonds. The molecule has 4 aromatic heterocycles. The maximum absolute atomic E-state index is 4.96. The van der Waals surface area contributed by atoms with Crippen molar-refractivity contribution in [2.24, 2.45) is 0 Å². The lowest BCUT2D eigenvalue weighted by Gasteiger charge is -2.12. The zero-order valence-electron chi connectivity index (χ0n) is 23.5. The Balaban J connectivity index is 0.00000131. The molecule has 0 aliphatic carbocycles. The molecule has 4 heteroatoms. The summed E-state index contributed by atoms with van der Waals surface area (Å²) in [5.41, 5.74) is 11.0. The van der Waals surface area contributed by atoms with Crippen LogP contribution >= 0.6 is 0 Å². The average molecular weight is 541 g/mol. The number of rotatable bonds is 2. The van der Waals surface area contributed by atoms with Gasteiger partial charge in [0.25, 0.3) is 0 Å². The van der Waals surface area contributed by atoms with E-state index in [1.54, 1.807) is 0 Å². The molecule has 0 radical (unpaired) electrons. The largest absolute Gasteiger partial charge is 0.298 e. The number of pyridine rings is 2. The van der Waals surface area contributed by atoms with Gasteiger partial charge in [-0.05, 0) is 46.2 Å². The van der Waals surface area contributed by atoms with Gasteiger partial charge in [0.05, 0.1) is 22.1 Å². The Labute approximate surface area is 243 Å². The number of imidazole rings is 2. The van der Waals surface area contributed by atoms with Gasteiger partial charge in [-0.3, -0.25) is 8.80 Å². The zero-order chi connectivity index (χ0) is 28.2. The molecule has 9 rings (SSSR count). The van der Waals surface area contributed by atoms with Crippen LogP contribution < -0.4 is 0 Å². The molecule has 0 saturated carbocycles. The van der Waals surface area contributed by atoms with Gasteiger partial charge < -0.3 is 0 Å². The van der Waals surface area contributed by atoms with Crippen molar-refractivity contribution < 1.29 is 0 Å². The standard InChI is InChI=1S/C36H22N4.C2H6/c1-3-11-27-25(9-1)29(21-39-33-15-7-5-13-31(33)37-35(27)39)23-17-19-24(20-18-23)30-22-40-34-16-8-6-14-32(34)38-36(40)28-12-4-2-10-26(28)30;1-2/h1-22H;1-2H3. The number of hydrogen-bond donors (Lipinski definition) is 0. The molecular weight excluding hydrogens is 512 g/mol. The van der Waals surface area contributed by atoms with Crippen molar-refractivity contribution in [3.05, 3.63) is 134 Å². The Hall–Kier alpha value is -5.48. The summed E-state index contributed by atoms with van der Waals surface area (Å²) in [6.07, 6.45) is 4.47. The third-order valence-electron chi connectivity index (χ3n) is 8.13. The van der Waals surface area contributed by atoms with E-state index in [4.69, 9.17) is 9.97 Å². The Morgan fingerprint density at radius 1 is 0.405 bits per heavy atom. The molecule has 200 valence electrons. The number of fused-ring (bicyclic) bond motifs is 10. The van der Waals surface area contributed by atoms with Gasteiger partial charge in [0.15, 0.2) is 0 Å². The van der Waals surface area contributed by atoms with Gasteiger partial charge in [-0.25, -0.2) is 9.97 Å². The predicted molar refractivity (Wildman–Crippen MR) is 176 cm³/mol. The summed E-state index contributed by atoms with van der Waals surface area (Å²) in [6.45, 7) is 4.00. The Kier molecular flexibility index (Phi) is 5.54. The fourth-order valence-electron chi connectivity index (χ4n) is 6.24. The van der Waals surface area contributed by atoms with Gasteiger partial charge in [0.1, 0.15) is 11.3 Å². The van der Waals surface area contributed by atoms with E-state index in [0.29, 0.717) is 0 Å². The van der Waals surface area contributed by atoms with Crippen LogP contribution in [0.2, 0.25) is 0 Å². The molecule has 0 aliphatic rings. The van der Waals surface area contributed by atoms with Crippen molar-refractivity contribution in [3.8, 4) is 22.3 Å². The molecule has 5 aromatic carbocycles.